The standard InChI is InChI=1S/C18H17BrN2O/c19-14-9-7-13(8-10-14)12-21-16-5-2-1-4-15(16)20-18(21)17-6-3-11-22-17/h1-2,4-5,7-10,17H,3,6,11-12H2. The van der Waals surface area contributed by atoms with Crippen LogP contribution in [-0.4, -0.2) is 16.2 Å². The monoisotopic (exact) mass is 356 g/mol. The predicted molar refractivity (Wildman–Crippen MR) is 90.9 cm³/mol. The zero-order chi connectivity index (χ0) is 14.9. The van der Waals surface area contributed by atoms with Gasteiger partial charge in [-0.3, -0.25) is 0 Å². The van der Waals surface area contributed by atoms with E-state index in [4.69, 9.17) is 9.72 Å². The molecule has 0 bridgehead atoms. The van der Waals surface area contributed by atoms with Crippen LogP contribution in [0, 0.1) is 0 Å². The molecule has 1 saturated heterocycles. The van der Waals surface area contributed by atoms with E-state index in [0.717, 1.165) is 41.8 Å². The maximum absolute atomic E-state index is 5.88. The molecule has 0 N–H and O–H groups in total. The lowest BCUT2D eigenvalue weighted by atomic mass is 10.2. The fourth-order valence-corrected chi connectivity index (χ4v) is 3.32. The number of fused-ring (bicyclic) bond motifs is 1. The van der Waals surface area contributed by atoms with Crippen LogP contribution in [0.2, 0.25) is 0 Å². The summed E-state index contributed by atoms with van der Waals surface area (Å²) < 4.78 is 9.28. The number of benzene rings is 2. The Morgan fingerprint density at radius 3 is 2.73 bits per heavy atom. The number of imidazole rings is 1. The molecule has 1 aliphatic rings. The van der Waals surface area contributed by atoms with Crippen LogP contribution in [0.3, 0.4) is 0 Å². The van der Waals surface area contributed by atoms with Crippen LogP contribution in [-0.2, 0) is 11.3 Å². The highest BCUT2D eigenvalue weighted by atomic mass is 79.9. The van der Waals surface area contributed by atoms with Gasteiger partial charge in [-0.05, 0) is 42.7 Å². The van der Waals surface area contributed by atoms with Gasteiger partial charge in [0.15, 0.2) is 0 Å². The van der Waals surface area contributed by atoms with Crippen LogP contribution in [0.15, 0.2) is 53.0 Å². The van der Waals surface area contributed by atoms with Gasteiger partial charge in [0.2, 0.25) is 0 Å². The van der Waals surface area contributed by atoms with E-state index in [0.29, 0.717) is 0 Å². The van der Waals surface area contributed by atoms with Crippen LogP contribution in [0.5, 0.6) is 0 Å². The average Bonchev–Trinajstić information content (AvgIpc) is 3.18. The van der Waals surface area contributed by atoms with Gasteiger partial charge in [0.05, 0.1) is 11.0 Å². The Labute approximate surface area is 138 Å². The summed E-state index contributed by atoms with van der Waals surface area (Å²) in [5, 5.41) is 0. The third-order valence-corrected chi connectivity index (χ3v) is 4.68. The number of aromatic nitrogens is 2. The van der Waals surface area contributed by atoms with Crippen molar-refractivity contribution in [3.8, 4) is 0 Å². The van der Waals surface area contributed by atoms with Crippen LogP contribution in [0.25, 0.3) is 11.0 Å². The smallest absolute Gasteiger partial charge is 0.139 e. The van der Waals surface area contributed by atoms with Crippen molar-refractivity contribution in [2.24, 2.45) is 0 Å². The lowest BCUT2D eigenvalue weighted by Crippen LogP contribution is -2.09. The van der Waals surface area contributed by atoms with Crippen molar-refractivity contribution in [1.82, 2.24) is 9.55 Å². The number of nitrogens with zero attached hydrogens (tertiary/aromatic N) is 2. The summed E-state index contributed by atoms with van der Waals surface area (Å²) in [5.74, 6) is 1.06. The third kappa shape index (κ3) is 2.57. The first kappa shape index (κ1) is 14.0. The molecule has 112 valence electrons. The zero-order valence-corrected chi connectivity index (χ0v) is 13.8. The molecule has 1 aromatic heterocycles. The second-order valence-corrected chi connectivity index (χ2v) is 6.59. The molecule has 22 heavy (non-hydrogen) atoms. The molecule has 1 fully saturated rings. The molecule has 0 spiro atoms. The van der Waals surface area contributed by atoms with Crippen molar-refractivity contribution in [3.63, 3.8) is 0 Å². The molecule has 0 aliphatic carbocycles. The van der Waals surface area contributed by atoms with Gasteiger partial charge in [-0.2, -0.15) is 0 Å². The lowest BCUT2D eigenvalue weighted by molar-refractivity contribution is 0.103. The fraction of sp³-hybridized carbons (Fsp3) is 0.278. The minimum absolute atomic E-state index is 0.128. The first-order chi connectivity index (χ1) is 10.8. The summed E-state index contributed by atoms with van der Waals surface area (Å²) in [4.78, 5) is 4.84. The Bertz CT molecular complexity index is 788. The van der Waals surface area contributed by atoms with Gasteiger partial charge >= 0.3 is 0 Å². The number of rotatable bonds is 3. The van der Waals surface area contributed by atoms with Crippen molar-refractivity contribution in [3.05, 3.63) is 64.4 Å². The first-order valence-electron chi connectivity index (χ1n) is 7.62. The number of hydrogen-bond donors (Lipinski definition) is 0. The van der Waals surface area contributed by atoms with E-state index in [9.17, 15) is 0 Å². The summed E-state index contributed by atoms with van der Waals surface area (Å²) in [6, 6.07) is 16.8. The van der Waals surface area contributed by atoms with E-state index in [1.165, 1.54) is 11.1 Å². The molecule has 2 heterocycles. The van der Waals surface area contributed by atoms with Crippen molar-refractivity contribution >= 4 is 27.0 Å². The number of ether oxygens (including phenoxy) is 1. The topological polar surface area (TPSA) is 27.1 Å². The highest BCUT2D eigenvalue weighted by molar-refractivity contribution is 9.10. The Kier molecular flexibility index (Phi) is 3.72. The van der Waals surface area contributed by atoms with Gasteiger partial charge in [0, 0.05) is 17.6 Å². The summed E-state index contributed by atoms with van der Waals surface area (Å²) in [5.41, 5.74) is 3.49. The van der Waals surface area contributed by atoms with Crippen LogP contribution >= 0.6 is 15.9 Å². The molecule has 1 atom stereocenters. The van der Waals surface area contributed by atoms with E-state index in [1.807, 2.05) is 6.07 Å². The molecule has 3 aromatic rings. The molecule has 0 saturated carbocycles. The number of halogens is 1. The molecule has 2 aromatic carbocycles. The van der Waals surface area contributed by atoms with E-state index in [-0.39, 0.29) is 6.10 Å². The molecule has 3 nitrogen and oxygen atoms in total. The average molecular weight is 357 g/mol. The van der Waals surface area contributed by atoms with Crippen LogP contribution in [0.1, 0.15) is 30.3 Å². The summed E-state index contributed by atoms with van der Waals surface area (Å²) in [7, 11) is 0. The van der Waals surface area contributed by atoms with E-state index in [2.05, 4.69) is 63.0 Å². The third-order valence-electron chi connectivity index (χ3n) is 4.16. The van der Waals surface area contributed by atoms with Crippen LogP contribution in [0.4, 0.5) is 0 Å². The number of para-hydroxylation sites is 2. The fourth-order valence-electron chi connectivity index (χ4n) is 3.06. The van der Waals surface area contributed by atoms with Crippen LogP contribution < -0.4 is 0 Å². The maximum Gasteiger partial charge on any atom is 0.139 e. The maximum atomic E-state index is 5.88. The molecular formula is C18H17BrN2O. The zero-order valence-electron chi connectivity index (χ0n) is 12.2. The molecule has 4 rings (SSSR count). The molecule has 1 aliphatic heterocycles. The Morgan fingerprint density at radius 2 is 1.95 bits per heavy atom. The Morgan fingerprint density at radius 1 is 1.14 bits per heavy atom. The normalized spacial score (nSPS) is 18.1. The Hall–Kier alpha value is -1.65. The summed E-state index contributed by atoms with van der Waals surface area (Å²) >= 11 is 3.49. The second-order valence-electron chi connectivity index (χ2n) is 5.67. The van der Waals surface area contributed by atoms with E-state index in [1.54, 1.807) is 0 Å². The first-order valence-corrected chi connectivity index (χ1v) is 8.42. The SMILES string of the molecule is Brc1ccc(Cn2c(C3CCCO3)nc3ccccc32)cc1. The van der Waals surface area contributed by atoms with Gasteiger partial charge in [0.1, 0.15) is 11.9 Å². The van der Waals surface area contributed by atoms with Gasteiger partial charge in [-0.15, -0.1) is 0 Å². The minimum atomic E-state index is 0.128. The van der Waals surface area contributed by atoms with Gasteiger partial charge < -0.3 is 9.30 Å². The lowest BCUT2D eigenvalue weighted by Gasteiger charge is -2.13. The Balaban J connectivity index is 1.79. The summed E-state index contributed by atoms with van der Waals surface area (Å²) in [6.45, 7) is 1.66. The van der Waals surface area contributed by atoms with Crippen molar-refractivity contribution in [2.45, 2.75) is 25.5 Å². The largest absolute Gasteiger partial charge is 0.370 e. The van der Waals surface area contributed by atoms with Crippen molar-refractivity contribution < 1.29 is 4.74 Å². The van der Waals surface area contributed by atoms with Crippen molar-refractivity contribution in [2.75, 3.05) is 6.61 Å². The van der Waals surface area contributed by atoms with E-state index >= 15 is 0 Å². The number of hydrogen-bond acceptors (Lipinski definition) is 2. The molecule has 0 radical (unpaired) electrons. The highest BCUT2D eigenvalue weighted by Crippen LogP contribution is 2.31. The quantitative estimate of drug-likeness (QED) is 0.680. The molecular weight excluding hydrogens is 340 g/mol. The predicted octanol–water partition coefficient (Wildman–Crippen LogP) is 4.70. The highest BCUT2D eigenvalue weighted by Gasteiger charge is 2.24. The van der Waals surface area contributed by atoms with Gasteiger partial charge in [-0.25, -0.2) is 4.98 Å². The van der Waals surface area contributed by atoms with Gasteiger partial charge in [0.25, 0.3) is 0 Å². The van der Waals surface area contributed by atoms with E-state index < -0.39 is 0 Å². The van der Waals surface area contributed by atoms with Crippen molar-refractivity contribution in [1.29, 1.82) is 0 Å². The molecule has 1 unspecified atom stereocenters. The molecule has 0 amide bonds. The summed E-state index contributed by atoms with van der Waals surface area (Å²) in [6.07, 6.45) is 2.30. The molecule has 4 heteroatoms. The second kappa shape index (κ2) is 5.86. The van der Waals surface area contributed by atoms with Gasteiger partial charge in [-0.1, -0.05) is 40.2 Å². The minimum Gasteiger partial charge on any atom is -0.370 e.